The fourth-order valence-corrected chi connectivity index (χ4v) is 2.91. The van der Waals surface area contributed by atoms with E-state index in [2.05, 4.69) is 27.3 Å². The molecule has 4 heteroatoms. The number of nitrogens with zero attached hydrogens (tertiary/aromatic N) is 1. The average Bonchev–Trinajstić information content (AvgIpc) is 2.40. The Balaban J connectivity index is 2.17. The summed E-state index contributed by atoms with van der Waals surface area (Å²) in [7, 11) is 0. The van der Waals surface area contributed by atoms with Gasteiger partial charge in [0, 0.05) is 23.0 Å². The molecule has 0 saturated heterocycles. The van der Waals surface area contributed by atoms with Crippen LogP contribution >= 0.6 is 15.9 Å². The Morgan fingerprint density at radius 1 is 1.39 bits per heavy atom. The van der Waals surface area contributed by atoms with Crippen LogP contribution in [0.15, 0.2) is 22.7 Å². The van der Waals surface area contributed by atoms with Crippen molar-refractivity contribution in [3.8, 4) is 6.07 Å². The number of hydrogen-bond acceptors (Lipinski definition) is 3. The van der Waals surface area contributed by atoms with Gasteiger partial charge in [-0.3, -0.25) is 0 Å². The van der Waals surface area contributed by atoms with Gasteiger partial charge in [0.05, 0.1) is 11.3 Å². The summed E-state index contributed by atoms with van der Waals surface area (Å²) in [6.07, 6.45) is 4.49. The standard InChI is InChI=1S/C14H17BrN2O/c15-12-6-5-10(8-16)14(7-12)17-13-4-2-1-3-11(13)9-18/h5-7,11,13,17-18H,1-4,9H2. The second-order valence-corrected chi connectivity index (χ2v) is 5.70. The zero-order valence-corrected chi connectivity index (χ0v) is 11.8. The first-order valence-corrected chi connectivity index (χ1v) is 7.11. The Morgan fingerprint density at radius 3 is 2.89 bits per heavy atom. The third kappa shape index (κ3) is 3.04. The van der Waals surface area contributed by atoms with Gasteiger partial charge in [-0.25, -0.2) is 0 Å². The van der Waals surface area contributed by atoms with Crippen LogP contribution in [0.1, 0.15) is 31.2 Å². The maximum Gasteiger partial charge on any atom is 0.101 e. The van der Waals surface area contributed by atoms with Crippen molar-refractivity contribution in [3.05, 3.63) is 28.2 Å². The van der Waals surface area contributed by atoms with E-state index >= 15 is 0 Å². The summed E-state index contributed by atoms with van der Waals surface area (Å²) in [6.45, 7) is 0.216. The van der Waals surface area contributed by atoms with Crippen molar-refractivity contribution < 1.29 is 5.11 Å². The highest BCUT2D eigenvalue weighted by Gasteiger charge is 2.24. The van der Waals surface area contributed by atoms with E-state index in [0.717, 1.165) is 23.0 Å². The van der Waals surface area contributed by atoms with E-state index in [0.29, 0.717) is 11.5 Å². The molecule has 1 aromatic carbocycles. The van der Waals surface area contributed by atoms with Crippen molar-refractivity contribution in [1.82, 2.24) is 0 Å². The number of anilines is 1. The van der Waals surface area contributed by atoms with Gasteiger partial charge in [-0.15, -0.1) is 0 Å². The predicted octanol–water partition coefficient (Wildman–Crippen LogP) is 3.28. The normalized spacial score (nSPS) is 23.4. The summed E-state index contributed by atoms with van der Waals surface area (Å²) in [4.78, 5) is 0. The van der Waals surface area contributed by atoms with E-state index in [1.807, 2.05) is 18.2 Å². The van der Waals surface area contributed by atoms with Crippen LogP contribution in [0, 0.1) is 17.2 Å². The van der Waals surface area contributed by atoms with Crippen LogP contribution in [-0.4, -0.2) is 17.8 Å². The number of nitriles is 1. The quantitative estimate of drug-likeness (QED) is 0.901. The second-order valence-electron chi connectivity index (χ2n) is 4.78. The third-order valence-electron chi connectivity index (χ3n) is 3.59. The van der Waals surface area contributed by atoms with Gasteiger partial charge in [-0.2, -0.15) is 5.26 Å². The maximum atomic E-state index is 9.41. The fourth-order valence-electron chi connectivity index (χ4n) is 2.55. The molecular weight excluding hydrogens is 292 g/mol. The van der Waals surface area contributed by atoms with Crippen molar-refractivity contribution in [2.75, 3.05) is 11.9 Å². The van der Waals surface area contributed by atoms with E-state index in [-0.39, 0.29) is 12.6 Å². The Labute approximate surface area is 116 Å². The zero-order valence-electron chi connectivity index (χ0n) is 10.2. The third-order valence-corrected chi connectivity index (χ3v) is 4.08. The predicted molar refractivity (Wildman–Crippen MR) is 75.3 cm³/mol. The first-order chi connectivity index (χ1) is 8.74. The number of benzene rings is 1. The first kappa shape index (κ1) is 13.4. The summed E-state index contributed by atoms with van der Waals surface area (Å²) >= 11 is 3.42. The van der Waals surface area contributed by atoms with Crippen molar-refractivity contribution >= 4 is 21.6 Å². The van der Waals surface area contributed by atoms with Crippen LogP contribution in [0.2, 0.25) is 0 Å². The minimum Gasteiger partial charge on any atom is -0.396 e. The highest BCUT2D eigenvalue weighted by molar-refractivity contribution is 9.10. The largest absolute Gasteiger partial charge is 0.396 e. The van der Waals surface area contributed by atoms with Crippen LogP contribution in [0.4, 0.5) is 5.69 Å². The molecule has 1 aromatic rings. The molecule has 0 spiro atoms. The summed E-state index contributed by atoms with van der Waals surface area (Å²) in [6, 6.07) is 8.08. The van der Waals surface area contributed by atoms with Gasteiger partial charge in [0.15, 0.2) is 0 Å². The lowest BCUT2D eigenvalue weighted by molar-refractivity contribution is 0.178. The first-order valence-electron chi connectivity index (χ1n) is 6.31. The van der Waals surface area contributed by atoms with Crippen LogP contribution in [0.3, 0.4) is 0 Å². The van der Waals surface area contributed by atoms with Crippen LogP contribution in [-0.2, 0) is 0 Å². The summed E-state index contributed by atoms with van der Waals surface area (Å²) in [5.74, 6) is 0.296. The second kappa shape index (κ2) is 6.21. The van der Waals surface area contributed by atoms with E-state index in [4.69, 9.17) is 5.26 Å². The summed E-state index contributed by atoms with van der Waals surface area (Å²) < 4.78 is 0.959. The SMILES string of the molecule is N#Cc1ccc(Br)cc1NC1CCCCC1CO. The van der Waals surface area contributed by atoms with Gasteiger partial charge in [0.1, 0.15) is 6.07 Å². The fraction of sp³-hybridized carbons (Fsp3) is 0.500. The number of nitrogens with one attached hydrogen (secondary N) is 1. The molecule has 18 heavy (non-hydrogen) atoms. The van der Waals surface area contributed by atoms with Gasteiger partial charge in [0.2, 0.25) is 0 Å². The number of halogens is 1. The molecule has 1 aliphatic rings. The highest BCUT2D eigenvalue weighted by Crippen LogP contribution is 2.29. The molecule has 2 atom stereocenters. The van der Waals surface area contributed by atoms with Gasteiger partial charge < -0.3 is 10.4 Å². The van der Waals surface area contributed by atoms with Crippen molar-refractivity contribution in [3.63, 3.8) is 0 Å². The summed E-state index contributed by atoms with van der Waals surface area (Å²) in [5.41, 5.74) is 1.51. The highest BCUT2D eigenvalue weighted by atomic mass is 79.9. The smallest absolute Gasteiger partial charge is 0.101 e. The molecule has 2 rings (SSSR count). The van der Waals surface area contributed by atoms with Crippen LogP contribution < -0.4 is 5.32 Å². The monoisotopic (exact) mass is 308 g/mol. The molecule has 0 heterocycles. The molecule has 1 fully saturated rings. The zero-order chi connectivity index (χ0) is 13.0. The van der Waals surface area contributed by atoms with E-state index in [1.54, 1.807) is 0 Å². The molecule has 0 bridgehead atoms. The van der Waals surface area contributed by atoms with Gasteiger partial charge in [-0.05, 0) is 31.0 Å². The van der Waals surface area contributed by atoms with E-state index < -0.39 is 0 Å². The Kier molecular flexibility index (Phi) is 4.62. The number of aliphatic hydroxyl groups excluding tert-OH is 1. The topological polar surface area (TPSA) is 56.0 Å². The molecule has 1 aliphatic carbocycles. The van der Waals surface area contributed by atoms with Gasteiger partial charge in [0.25, 0.3) is 0 Å². The molecule has 0 amide bonds. The lowest BCUT2D eigenvalue weighted by Gasteiger charge is -2.32. The Bertz CT molecular complexity index is 456. The minimum absolute atomic E-state index is 0.216. The Morgan fingerprint density at radius 2 is 2.17 bits per heavy atom. The number of hydrogen-bond donors (Lipinski definition) is 2. The molecule has 2 N–H and O–H groups in total. The molecule has 1 saturated carbocycles. The molecule has 0 radical (unpaired) electrons. The minimum atomic E-state index is 0.216. The molecule has 0 aliphatic heterocycles. The molecular formula is C14H17BrN2O. The maximum absolute atomic E-state index is 9.41. The number of rotatable bonds is 3. The molecule has 96 valence electrons. The lowest BCUT2D eigenvalue weighted by atomic mass is 9.85. The van der Waals surface area contributed by atoms with Crippen molar-refractivity contribution in [2.45, 2.75) is 31.7 Å². The van der Waals surface area contributed by atoms with Gasteiger partial charge in [-0.1, -0.05) is 28.8 Å². The number of aliphatic hydroxyl groups is 1. The Hall–Kier alpha value is -1.05. The van der Waals surface area contributed by atoms with Crippen LogP contribution in [0.25, 0.3) is 0 Å². The molecule has 2 unspecified atom stereocenters. The van der Waals surface area contributed by atoms with Gasteiger partial charge >= 0.3 is 0 Å². The van der Waals surface area contributed by atoms with Crippen molar-refractivity contribution in [2.24, 2.45) is 5.92 Å². The van der Waals surface area contributed by atoms with E-state index in [9.17, 15) is 5.11 Å². The summed E-state index contributed by atoms with van der Waals surface area (Å²) in [5, 5.41) is 21.9. The lowest BCUT2D eigenvalue weighted by Crippen LogP contribution is -2.34. The van der Waals surface area contributed by atoms with E-state index in [1.165, 1.54) is 12.8 Å². The molecule has 3 nitrogen and oxygen atoms in total. The molecule has 0 aromatic heterocycles. The van der Waals surface area contributed by atoms with Crippen molar-refractivity contribution in [1.29, 1.82) is 5.26 Å². The average molecular weight is 309 g/mol. The van der Waals surface area contributed by atoms with Crippen LogP contribution in [0.5, 0.6) is 0 Å².